The maximum Gasteiger partial charge on any atom is 0.246 e. The summed E-state index contributed by atoms with van der Waals surface area (Å²) in [6, 6.07) is 16.0. The van der Waals surface area contributed by atoms with E-state index in [4.69, 9.17) is 0 Å². The highest BCUT2D eigenvalue weighted by atomic mass is 16.2. The number of likely N-dealkylation sites (N-methyl/N-ethyl adjacent to an activating group) is 1. The SMILES string of the molecule is CCc1ccc(CN(C)C(=O)/C=C/c2cnc3ccccc3n2)cc1. The van der Waals surface area contributed by atoms with Crippen LogP contribution in [0.25, 0.3) is 17.1 Å². The van der Waals surface area contributed by atoms with Crippen molar-refractivity contribution in [3.63, 3.8) is 0 Å². The molecular weight excluding hydrogens is 310 g/mol. The van der Waals surface area contributed by atoms with Gasteiger partial charge < -0.3 is 4.90 Å². The van der Waals surface area contributed by atoms with Gasteiger partial charge in [-0.25, -0.2) is 4.98 Å². The predicted molar refractivity (Wildman–Crippen MR) is 101 cm³/mol. The number of hydrogen-bond donors (Lipinski definition) is 0. The van der Waals surface area contributed by atoms with Gasteiger partial charge in [-0.1, -0.05) is 43.3 Å². The van der Waals surface area contributed by atoms with Crippen molar-refractivity contribution in [1.82, 2.24) is 14.9 Å². The fourth-order valence-corrected chi connectivity index (χ4v) is 2.57. The predicted octanol–water partition coefficient (Wildman–Crippen LogP) is 3.86. The van der Waals surface area contributed by atoms with E-state index in [1.807, 2.05) is 24.3 Å². The Hall–Kier alpha value is -3.01. The quantitative estimate of drug-likeness (QED) is 0.667. The normalized spacial score (nSPS) is 11.1. The molecule has 3 rings (SSSR count). The zero-order valence-electron chi connectivity index (χ0n) is 14.5. The number of aryl methyl sites for hydroxylation is 1. The van der Waals surface area contributed by atoms with Gasteiger partial charge in [0.25, 0.3) is 0 Å². The molecule has 4 nitrogen and oxygen atoms in total. The molecule has 2 aromatic carbocycles. The van der Waals surface area contributed by atoms with Crippen molar-refractivity contribution in [1.29, 1.82) is 0 Å². The van der Waals surface area contributed by atoms with E-state index in [1.165, 1.54) is 5.56 Å². The van der Waals surface area contributed by atoms with E-state index < -0.39 is 0 Å². The number of aromatic nitrogens is 2. The molecule has 0 aliphatic rings. The van der Waals surface area contributed by atoms with Crippen LogP contribution in [0, 0.1) is 0 Å². The third-order valence-electron chi connectivity index (χ3n) is 4.09. The average molecular weight is 331 g/mol. The van der Waals surface area contributed by atoms with Crippen molar-refractivity contribution >= 4 is 23.0 Å². The summed E-state index contributed by atoms with van der Waals surface area (Å²) in [6.45, 7) is 2.71. The number of fused-ring (bicyclic) bond motifs is 1. The Balaban J connectivity index is 1.65. The van der Waals surface area contributed by atoms with E-state index in [9.17, 15) is 4.79 Å². The average Bonchev–Trinajstić information content (AvgIpc) is 2.66. The first-order valence-electron chi connectivity index (χ1n) is 8.38. The Morgan fingerprint density at radius 3 is 2.44 bits per heavy atom. The maximum atomic E-state index is 12.3. The minimum Gasteiger partial charge on any atom is -0.338 e. The number of hydrogen-bond acceptors (Lipinski definition) is 3. The smallest absolute Gasteiger partial charge is 0.246 e. The van der Waals surface area contributed by atoms with E-state index in [-0.39, 0.29) is 5.91 Å². The van der Waals surface area contributed by atoms with Crippen LogP contribution in [0.3, 0.4) is 0 Å². The topological polar surface area (TPSA) is 46.1 Å². The molecule has 0 saturated heterocycles. The third kappa shape index (κ3) is 4.29. The first-order chi connectivity index (χ1) is 12.2. The molecule has 0 fully saturated rings. The molecule has 4 heteroatoms. The van der Waals surface area contributed by atoms with Crippen LogP contribution >= 0.6 is 0 Å². The van der Waals surface area contributed by atoms with Gasteiger partial charge in [0.05, 0.1) is 22.9 Å². The van der Waals surface area contributed by atoms with Gasteiger partial charge >= 0.3 is 0 Å². The lowest BCUT2D eigenvalue weighted by Gasteiger charge is -2.15. The van der Waals surface area contributed by atoms with Crippen LogP contribution < -0.4 is 0 Å². The fraction of sp³-hybridized carbons (Fsp3) is 0.190. The molecule has 1 aromatic heterocycles. The maximum absolute atomic E-state index is 12.3. The summed E-state index contributed by atoms with van der Waals surface area (Å²) < 4.78 is 0. The van der Waals surface area contributed by atoms with Crippen LogP contribution in [-0.2, 0) is 17.8 Å². The minimum atomic E-state index is -0.0606. The Morgan fingerprint density at radius 2 is 1.72 bits per heavy atom. The molecule has 126 valence electrons. The number of carbonyl (C=O) groups is 1. The lowest BCUT2D eigenvalue weighted by atomic mass is 10.1. The number of carbonyl (C=O) groups excluding carboxylic acids is 1. The Labute approximate surface area is 147 Å². The van der Waals surface area contributed by atoms with Gasteiger partial charge in [0, 0.05) is 19.7 Å². The number of para-hydroxylation sites is 2. The lowest BCUT2D eigenvalue weighted by molar-refractivity contribution is -0.125. The van der Waals surface area contributed by atoms with E-state index >= 15 is 0 Å². The molecule has 0 unspecified atom stereocenters. The number of nitrogens with zero attached hydrogens (tertiary/aromatic N) is 3. The first-order valence-corrected chi connectivity index (χ1v) is 8.38. The highest BCUT2D eigenvalue weighted by Gasteiger charge is 2.06. The van der Waals surface area contributed by atoms with Crippen LogP contribution in [0.5, 0.6) is 0 Å². The van der Waals surface area contributed by atoms with Gasteiger partial charge in [-0.3, -0.25) is 9.78 Å². The number of benzene rings is 2. The molecular formula is C21H21N3O. The lowest BCUT2D eigenvalue weighted by Crippen LogP contribution is -2.24. The molecule has 0 atom stereocenters. The zero-order valence-corrected chi connectivity index (χ0v) is 14.5. The summed E-state index contributed by atoms with van der Waals surface area (Å²) in [4.78, 5) is 22.8. The van der Waals surface area contributed by atoms with Gasteiger partial charge in [0.15, 0.2) is 0 Å². The van der Waals surface area contributed by atoms with Crippen LogP contribution in [0.15, 0.2) is 60.8 Å². The largest absolute Gasteiger partial charge is 0.338 e. The van der Waals surface area contributed by atoms with Crippen LogP contribution in [0.2, 0.25) is 0 Å². The van der Waals surface area contributed by atoms with E-state index in [1.54, 1.807) is 30.3 Å². The van der Waals surface area contributed by atoms with Crippen molar-refractivity contribution < 1.29 is 4.79 Å². The molecule has 0 radical (unpaired) electrons. The van der Waals surface area contributed by atoms with E-state index in [2.05, 4.69) is 41.2 Å². The zero-order chi connectivity index (χ0) is 17.6. The number of amides is 1. The highest BCUT2D eigenvalue weighted by Crippen LogP contribution is 2.10. The van der Waals surface area contributed by atoms with Crippen molar-refractivity contribution in [2.45, 2.75) is 19.9 Å². The molecule has 1 amide bonds. The second-order valence-electron chi connectivity index (χ2n) is 5.98. The molecule has 0 aliphatic heterocycles. The summed E-state index contributed by atoms with van der Waals surface area (Å²) in [5.41, 5.74) is 4.76. The van der Waals surface area contributed by atoms with E-state index in [0.717, 1.165) is 23.0 Å². The molecule has 3 aromatic rings. The molecule has 0 bridgehead atoms. The third-order valence-corrected chi connectivity index (χ3v) is 4.09. The van der Waals surface area contributed by atoms with Crippen LogP contribution in [-0.4, -0.2) is 27.8 Å². The summed E-state index contributed by atoms with van der Waals surface area (Å²) in [6.07, 6.45) is 5.94. The second-order valence-corrected chi connectivity index (χ2v) is 5.98. The van der Waals surface area contributed by atoms with Crippen LogP contribution in [0.1, 0.15) is 23.7 Å². The van der Waals surface area contributed by atoms with Gasteiger partial charge in [-0.05, 0) is 35.8 Å². The molecule has 1 heterocycles. The van der Waals surface area contributed by atoms with Gasteiger partial charge in [-0.15, -0.1) is 0 Å². The Morgan fingerprint density at radius 1 is 1.04 bits per heavy atom. The Bertz CT molecular complexity index is 900. The molecule has 0 spiro atoms. The summed E-state index contributed by atoms with van der Waals surface area (Å²) in [7, 11) is 1.80. The van der Waals surface area contributed by atoms with Gasteiger partial charge in [0.2, 0.25) is 5.91 Å². The van der Waals surface area contributed by atoms with Crippen molar-refractivity contribution in [2.75, 3.05) is 7.05 Å². The molecule has 25 heavy (non-hydrogen) atoms. The summed E-state index contributed by atoms with van der Waals surface area (Å²) >= 11 is 0. The minimum absolute atomic E-state index is 0.0606. The van der Waals surface area contributed by atoms with Crippen LogP contribution in [0.4, 0.5) is 0 Å². The van der Waals surface area contributed by atoms with Gasteiger partial charge in [0.1, 0.15) is 0 Å². The second kappa shape index (κ2) is 7.71. The Kier molecular flexibility index (Phi) is 5.19. The summed E-state index contributed by atoms with van der Waals surface area (Å²) in [5.74, 6) is -0.0606. The van der Waals surface area contributed by atoms with Crippen molar-refractivity contribution in [3.8, 4) is 0 Å². The van der Waals surface area contributed by atoms with Crippen molar-refractivity contribution in [3.05, 3.63) is 77.6 Å². The van der Waals surface area contributed by atoms with Gasteiger partial charge in [-0.2, -0.15) is 0 Å². The fourth-order valence-electron chi connectivity index (χ4n) is 2.57. The standard InChI is InChI=1S/C21H21N3O/c1-3-16-8-10-17(11-9-16)15-24(2)21(25)13-12-18-14-22-19-6-4-5-7-20(19)23-18/h4-14H,3,15H2,1-2H3/b13-12+. The van der Waals surface area contributed by atoms with E-state index in [0.29, 0.717) is 12.2 Å². The number of rotatable bonds is 5. The summed E-state index contributed by atoms with van der Waals surface area (Å²) in [5, 5.41) is 0. The first kappa shape index (κ1) is 16.8. The van der Waals surface area contributed by atoms with Crippen molar-refractivity contribution in [2.24, 2.45) is 0 Å². The molecule has 0 saturated carbocycles. The highest BCUT2D eigenvalue weighted by molar-refractivity contribution is 5.91. The molecule has 0 aliphatic carbocycles. The monoisotopic (exact) mass is 331 g/mol. The molecule has 0 N–H and O–H groups in total.